The number of hydrogen-bond acceptors (Lipinski definition) is 3. The summed E-state index contributed by atoms with van der Waals surface area (Å²) >= 11 is 0. The van der Waals surface area contributed by atoms with Crippen molar-refractivity contribution in [2.24, 2.45) is 0 Å². The maximum absolute atomic E-state index is 12.0. The van der Waals surface area contributed by atoms with E-state index >= 15 is 0 Å². The number of carbonyl (C=O) groups excluding carboxylic acids is 1. The van der Waals surface area contributed by atoms with Crippen LogP contribution in [0.15, 0.2) is 42.5 Å². The molecule has 0 aromatic heterocycles. The fourth-order valence-electron chi connectivity index (χ4n) is 2.94. The highest BCUT2D eigenvalue weighted by Crippen LogP contribution is 2.26. The van der Waals surface area contributed by atoms with Gasteiger partial charge in [0, 0.05) is 12.5 Å². The molecule has 0 saturated carbocycles. The zero-order valence-corrected chi connectivity index (χ0v) is 14.2. The highest BCUT2D eigenvalue weighted by molar-refractivity contribution is 5.77. The van der Waals surface area contributed by atoms with E-state index in [2.05, 4.69) is 17.4 Å². The van der Waals surface area contributed by atoms with Crippen LogP contribution in [-0.4, -0.2) is 25.2 Å². The van der Waals surface area contributed by atoms with Gasteiger partial charge in [-0.1, -0.05) is 24.3 Å². The zero-order valence-electron chi connectivity index (χ0n) is 14.2. The van der Waals surface area contributed by atoms with Gasteiger partial charge >= 0.3 is 0 Å². The van der Waals surface area contributed by atoms with Gasteiger partial charge in [-0.2, -0.15) is 0 Å². The summed E-state index contributed by atoms with van der Waals surface area (Å²) < 4.78 is 11.1. The molecule has 24 heavy (non-hydrogen) atoms. The van der Waals surface area contributed by atoms with Gasteiger partial charge in [-0.15, -0.1) is 0 Å². The van der Waals surface area contributed by atoms with Crippen LogP contribution in [0.5, 0.6) is 11.5 Å². The molecule has 1 unspecified atom stereocenters. The summed E-state index contributed by atoms with van der Waals surface area (Å²) in [6, 6.07) is 14.0. The lowest BCUT2D eigenvalue weighted by Gasteiger charge is -2.15. The van der Waals surface area contributed by atoms with Crippen molar-refractivity contribution in [3.8, 4) is 11.5 Å². The summed E-state index contributed by atoms with van der Waals surface area (Å²) in [4.78, 5) is 12.0. The second kappa shape index (κ2) is 7.39. The molecule has 0 bridgehead atoms. The first-order valence-electron chi connectivity index (χ1n) is 8.33. The first-order valence-corrected chi connectivity index (χ1v) is 8.33. The molecule has 2 aromatic rings. The van der Waals surface area contributed by atoms with E-state index in [0.29, 0.717) is 0 Å². The van der Waals surface area contributed by atoms with Gasteiger partial charge < -0.3 is 14.8 Å². The third-order valence-electron chi connectivity index (χ3n) is 4.06. The van der Waals surface area contributed by atoms with E-state index in [1.54, 1.807) is 0 Å². The molecule has 0 aliphatic carbocycles. The van der Waals surface area contributed by atoms with Gasteiger partial charge in [0.25, 0.3) is 5.91 Å². The molecule has 0 fully saturated rings. The molecule has 126 valence electrons. The van der Waals surface area contributed by atoms with Gasteiger partial charge in [-0.05, 0) is 55.2 Å². The summed E-state index contributed by atoms with van der Waals surface area (Å²) in [5.74, 6) is 1.60. The lowest BCUT2D eigenvalue weighted by molar-refractivity contribution is -0.123. The number of hydrogen-bond donors (Lipinski definition) is 1. The number of rotatable bonds is 6. The molecule has 1 aliphatic rings. The van der Waals surface area contributed by atoms with Crippen molar-refractivity contribution < 1.29 is 14.3 Å². The SMILES string of the molecule is Cc1cccc(OCC(=O)NC(C)Cc2ccc3c(c2)CCO3)c1. The smallest absolute Gasteiger partial charge is 0.258 e. The molecular formula is C20H23NO3. The molecule has 1 heterocycles. The van der Waals surface area contributed by atoms with Crippen LogP contribution < -0.4 is 14.8 Å². The van der Waals surface area contributed by atoms with Crippen molar-refractivity contribution in [1.29, 1.82) is 0 Å². The van der Waals surface area contributed by atoms with Crippen molar-refractivity contribution in [1.82, 2.24) is 5.32 Å². The predicted molar refractivity (Wildman–Crippen MR) is 93.6 cm³/mol. The Labute approximate surface area is 142 Å². The zero-order chi connectivity index (χ0) is 16.9. The Morgan fingerprint density at radius 3 is 3.00 bits per heavy atom. The molecular weight excluding hydrogens is 302 g/mol. The van der Waals surface area contributed by atoms with E-state index in [1.807, 2.05) is 44.2 Å². The number of fused-ring (bicyclic) bond motifs is 1. The summed E-state index contributed by atoms with van der Waals surface area (Å²) in [5, 5.41) is 2.99. The van der Waals surface area contributed by atoms with Gasteiger partial charge in [-0.3, -0.25) is 4.79 Å². The highest BCUT2D eigenvalue weighted by atomic mass is 16.5. The number of aryl methyl sites for hydroxylation is 1. The van der Waals surface area contributed by atoms with Gasteiger partial charge in [0.2, 0.25) is 0 Å². The van der Waals surface area contributed by atoms with Crippen molar-refractivity contribution in [3.63, 3.8) is 0 Å². The third-order valence-corrected chi connectivity index (χ3v) is 4.06. The Kier molecular flexibility index (Phi) is 5.04. The van der Waals surface area contributed by atoms with Crippen LogP contribution >= 0.6 is 0 Å². The molecule has 1 aliphatic heterocycles. The minimum atomic E-state index is -0.103. The lowest BCUT2D eigenvalue weighted by Crippen LogP contribution is -2.37. The summed E-state index contributed by atoms with van der Waals surface area (Å²) in [6.45, 7) is 4.80. The molecule has 0 saturated heterocycles. The maximum Gasteiger partial charge on any atom is 0.258 e. The molecule has 1 atom stereocenters. The predicted octanol–water partition coefficient (Wildman–Crippen LogP) is 3.06. The Hall–Kier alpha value is -2.49. The van der Waals surface area contributed by atoms with Gasteiger partial charge in [-0.25, -0.2) is 0 Å². The van der Waals surface area contributed by atoms with Crippen molar-refractivity contribution in [2.75, 3.05) is 13.2 Å². The molecule has 0 spiro atoms. The van der Waals surface area contributed by atoms with E-state index in [0.717, 1.165) is 36.5 Å². The van der Waals surface area contributed by atoms with E-state index < -0.39 is 0 Å². The van der Waals surface area contributed by atoms with E-state index in [-0.39, 0.29) is 18.6 Å². The average molecular weight is 325 g/mol. The molecule has 1 N–H and O–H groups in total. The monoisotopic (exact) mass is 325 g/mol. The fraction of sp³-hybridized carbons (Fsp3) is 0.350. The van der Waals surface area contributed by atoms with E-state index in [9.17, 15) is 4.79 Å². The number of nitrogens with one attached hydrogen (secondary N) is 1. The second-order valence-electron chi connectivity index (χ2n) is 6.32. The minimum Gasteiger partial charge on any atom is -0.493 e. The van der Waals surface area contributed by atoms with Crippen LogP contribution in [0.4, 0.5) is 0 Å². The minimum absolute atomic E-state index is 0.0336. The molecule has 0 radical (unpaired) electrons. The van der Waals surface area contributed by atoms with Crippen LogP contribution in [0.2, 0.25) is 0 Å². The molecule has 3 rings (SSSR count). The molecule has 2 aromatic carbocycles. The Balaban J connectivity index is 1.47. The maximum atomic E-state index is 12.0. The normalized spacial score (nSPS) is 13.8. The lowest BCUT2D eigenvalue weighted by atomic mass is 10.0. The number of amides is 1. The van der Waals surface area contributed by atoms with Crippen LogP contribution in [0.1, 0.15) is 23.6 Å². The molecule has 4 heteroatoms. The quantitative estimate of drug-likeness (QED) is 0.888. The third kappa shape index (κ3) is 4.28. The first-order chi connectivity index (χ1) is 11.6. The molecule has 1 amide bonds. The molecule has 4 nitrogen and oxygen atoms in total. The van der Waals surface area contributed by atoms with Gasteiger partial charge in [0.05, 0.1) is 6.61 Å². The van der Waals surface area contributed by atoms with E-state index in [4.69, 9.17) is 9.47 Å². The van der Waals surface area contributed by atoms with Crippen LogP contribution in [0, 0.1) is 6.92 Å². The number of benzene rings is 2. The van der Waals surface area contributed by atoms with Crippen molar-refractivity contribution in [2.45, 2.75) is 32.7 Å². The summed E-state index contributed by atoms with van der Waals surface area (Å²) in [6.07, 6.45) is 1.76. The van der Waals surface area contributed by atoms with Gasteiger partial charge in [0.15, 0.2) is 6.61 Å². The number of carbonyl (C=O) groups is 1. The standard InChI is InChI=1S/C20H23NO3/c1-14-4-3-5-18(10-14)24-13-20(22)21-15(2)11-16-6-7-19-17(12-16)8-9-23-19/h3-7,10,12,15H,8-9,11,13H2,1-2H3,(H,21,22). The average Bonchev–Trinajstić information content (AvgIpc) is 3.00. The Morgan fingerprint density at radius 2 is 2.17 bits per heavy atom. The largest absolute Gasteiger partial charge is 0.493 e. The highest BCUT2D eigenvalue weighted by Gasteiger charge is 2.14. The van der Waals surface area contributed by atoms with Crippen molar-refractivity contribution in [3.05, 3.63) is 59.2 Å². The van der Waals surface area contributed by atoms with Crippen LogP contribution in [0.3, 0.4) is 0 Å². The van der Waals surface area contributed by atoms with Crippen molar-refractivity contribution >= 4 is 5.91 Å². The second-order valence-corrected chi connectivity index (χ2v) is 6.32. The fourth-order valence-corrected chi connectivity index (χ4v) is 2.94. The first kappa shape index (κ1) is 16.4. The van der Waals surface area contributed by atoms with Crippen LogP contribution in [-0.2, 0) is 17.6 Å². The Bertz CT molecular complexity index is 727. The topological polar surface area (TPSA) is 47.6 Å². The Morgan fingerprint density at radius 1 is 1.29 bits per heavy atom. The summed E-state index contributed by atoms with van der Waals surface area (Å²) in [7, 11) is 0. The van der Waals surface area contributed by atoms with Crippen LogP contribution in [0.25, 0.3) is 0 Å². The number of ether oxygens (including phenoxy) is 2. The van der Waals surface area contributed by atoms with Gasteiger partial charge in [0.1, 0.15) is 11.5 Å². The summed E-state index contributed by atoms with van der Waals surface area (Å²) in [5.41, 5.74) is 3.59. The van der Waals surface area contributed by atoms with E-state index in [1.165, 1.54) is 11.1 Å².